The second kappa shape index (κ2) is 17.8. The van der Waals surface area contributed by atoms with Crippen molar-refractivity contribution in [1.82, 2.24) is 39.1 Å². The van der Waals surface area contributed by atoms with E-state index in [0.29, 0.717) is 64.1 Å². The number of aromatic nitrogens is 6. The standard InChI is InChI=1S/C47H60N12O7/c1-5-59-34(21-29(2)55-59)41(62)53-43-51-32-22-30(39(48)60)24-35(64-4)37(32)57(43)17-6-7-18-58-38-33(52-44(58)54-42(63)46-12-9-45(3,10-13-46)11-14-46)23-31(40(49)61)25-36(38)65-19-8-16-56-27-47(28-56)26-50-15-20-66-47/h6-7,21-25,50H,5,8-20,26-28H2,1-4H3,(H2,48,60)(H2,49,61)(H,51,53,62)(H,52,54,63)/b7-6+. The van der Waals surface area contributed by atoms with Crippen LogP contribution in [0.25, 0.3) is 22.1 Å². The zero-order chi connectivity index (χ0) is 46.4. The van der Waals surface area contributed by atoms with E-state index in [4.69, 9.17) is 35.6 Å². The molecule has 7 N–H and O–H groups in total. The molecule has 1 spiro atoms. The van der Waals surface area contributed by atoms with E-state index in [9.17, 15) is 19.2 Å². The lowest BCUT2D eigenvalue weighted by molar-refractivity contribution is -0.156. The summed E-state index contributed by atoms with van der Waals surface area (Å²) in [6, 6.07) is 8.09. The van der Waals surface area contributed by atoms with Crippen LogP contribution in [-0.2, 0) is 29.2 Å². The molecule has 3 aliphatic carbocycles. The normalized spacial score (nSPS) is 21.4. The smallest absolute Gasteiger partial charge is 0.276 e. The second-order valence-electron chi connectivity index (χ2n) is 18.8. The molecule has 19 heteroatoms. The van der Waals surface area contributed by atoms with Crippen LogP contribution in [0.3, 0.4) is 0 Å². The highest BCUT2D eigenvalue weighted by atomic mass is 16.5. The highest BCUT2D eigenvalue weighted by Crippen LogP contribution is 2.57. The summed E-state index contributed by atoms with van der Waals surface area (Å²) in [5.74, 6) is -0.436. The van der Waals surface area contributed by atoms with Gasteiger partial charge in [-0.1, -0.05) is 19.1 Å². The highest BCUT2D eigenvalue weighted by molar-refractivity contribution is 6.04. The van der Waals surface area contributed by atoms with Crippen molar-refractivity contribution in [2.24, 2.45) is 22.3 Å². The summed E-state index contributed by atoms with van der Waals surface area (Å²) in [7, 11) is 1.49. The van der Waals surface area contributed by atoms with Gasteiger partial charge >= 0.3 is 0 Å². The van der Waals surface area contributed by atoms with Crippen LogP contribution in [0.15, 0.2) is 42.5 Å². The van der Waals surface area contributed by atoms with Gasteiger partial charge in [0.1, 0.15) is 33.8 Å². The predicted octanol–water partition coefficient (Wildman–Crippen LogP) is 4.37. The Balaban J connectivity index is 1.03. The van der Waals surface area contributed by atoms with E-state index in [-0.39, 0.29) is 47.1 Å². The summed E-state index contributed by atoms with van der Waals surface area (Å²) in [5.41, 5.74) is 14.7. The number of hydrogen-bond donors (Lipinski definition) is 5. The summed E-state index contributed by atoms with van der Waals surface area (Å²) in [4.78, 5) is 65.1. The molecule has 19 nitrogen and oxygen atoms in total. The number of ether oxygens (including phenoxy) is 3. The Kier molecular flexibility index (Phi) is 12.1. The van der Waals surface area contributed by atoms with Gasteiger partial charge in [-0.25, -0.2) is 9.97 Å². The number of carbonyl (C=O) groups excluding carboxylic acids is 4. The SMILES string of the molecule is CCn1nc(C)cc1C(=O)Nc1nc2cc(C(N)=O)cc(OC)c2n1C/C=C/Cn1c(NC(=O)C23CCC(C)(CC2)CC3)nc2cc(C(N)=O)cc(OCCCN3CC4(CNCCO4)C3)c21. The van der Waals surface area contributed by atoms with Crippen LogP contribution in [0.4, 0.5) is 11.9 Å². The van der Waals surface area contributed by atoms with Gasteiger partial charge in [-0.05, 0) is 94.5 Å². The van der Waals surface area contributed by atoms with Crippen LogP contribution in [-0.4, -0.2) is 116 Å². The Bertz CT molecular complexity index is 2710. The fourth-order valence-electron chi connectivity index (χ4n) is 10.3. The number of carbonyl (C=O) groups is 4. The van der Waals surface area contributed by atoms with Crippen molar-refractivity contribution in [3.63, 3.8) is 0 Å². The fraction of sp³-hybridized carbons (Fsp3) is 0.511. The van der Waals surface area contributed by atoms with E-state index in [2.05, 4.69) is 32.9 Å². The van der Waals surface area contributed by atoms with Crippen LogP contribution >= 0.6 is 0 Å². The molecule has 2 bridgehead atoms. The number of methoxy groups -OCH3 is 1. The average molecular weight is 905 g/mol. The number of nitrogens with two attached hydrogens (primary N) is 2. The molecule has 2 aliphatic heterocycles. The quantitative estimate of drug-likeness (QED) is 0.0646. The monoisotopic (exact) mass is 904 g/mol. The molecule has 0 radical (unpaired) electrons. The molecule has 0 unspecified atom stereocenters. The Morgan fingerprint density at radius 1 is 0.864 bits per heavy atom. The zero-order valence-electron chi connectivity index (χ0n) is 38.2. The number of primary amides is 2. The maximum atomic E-state index is 14.4. The van der Waals surface area contributed by atoms with Crippen molar-refractivity contribution in [1.29, 1.82) is 0 Å². The first-order chi connectivity index (χ1) is 31.7. The topological polar surface area (TPSA) is 241 Å². The van der Waals surface area contributed by atoms with Crippen molar-refractivity contribution in [2.75, 3.05) is 63.7 Å². The summed E-state index contributed by atoms with van der Waals surface area (Å²) in [5, 5.41) is 14.0. The molecular weight excluding hydrogens is 845 g/mol. The molecule has 3 saturated carbocycles. The van der Waals surface area contributed by atoms with Gasteiger partial charge in [-0.3, -0.25) is 39.4 Å². The number of likely N-dealkylation sites (tertiary alicyclic amines) is 1. The molecule has 5 fully saturated rings. The van der Waals surface area contributed by atoms with E-state index >= 15 is 0 Å². The third-order valence-corrected chi connectivity index (χ3v) is 14.2. The Labute approximate surface area is 382 Å². The van der Waals surface area contributed by atoms with Gasteiger partial charge in [0.15, 0.2) is 0 Å². The van der Waals surface area contributed by atoms with E-state index in [1.165, 1.54) is 7.11 Å². The number of nitrogens with one attached hydrogen (secondary N) is 3. The van der Waals surface area contributed by atoms with Gasteiger partial charge in [0, 0.05) is 68.9 Å². The zero-order valence-corrected chi connectivity index (χ0v) is 38.2. The highest BCUT2D eigenvalue weighted by Gasteiger charge is 2.50. The maximum Gasteiger partial charge on any atom is 0.276 e. The third kappa shape index (κ3) is 8.62. The molecule has 350 valence electrons. The number of amides is 4. The predicted molar refractivity (Wildman–Crippen MR) is 248 cm³/mol. The lowest BCUT2D eigenvalue weighted by atomic mass is 9.54. The van der Waals surface area contributed by atoms with Gasteiger partial charge in [-0.2, -0.15) is 5.10 Å². The first-order valence-electron chi connectivity index (χ1n) is 23.0. The summed E-state index contributed by atoms with van der Waals surface area (Å²) < 4.78 is 23.6. The largest absolute Gasteiger partial charge is 0.494 e. The van der Waals surface area contributed by atoms with Crippen LogP contribution in [0.2, 0.25) is 0 Å². The Morgan fingerprint density at radius 3 is 2.05 bits per heavy atom. The minimum Gasteiger partial charge on any atom is -0.494 e. The number of fused-ring (bicyclic) bond motifs is 5. The first-order valence-corrected chi connectivity index (χ1v) is 23.0. The Morgan fingerprint density at radius 2 is 1.47 bits per heavy atom. The van der Waals surface area contributed by atoms with Crippen molar-refractivity contribution in [3.8, 4) is 11.5 Å². The molecule has 3 aromatic heterocycles. The molecular formula is C47H60N12O7. The van der Waals surface area contributed by atoms with Crippen LogP contribution < -0.4 is 36.9 Å². The Hall–Kier alpha value is -6.31. The number of benzene rings is 2. The number of rotatable bonds is 17. The molecule has 5 aliphatic rings. The van der Waals surface area contributed by atoms with Gasteiger partial charge < -0.3 is 40.1 Å². The molecule has 5 aromatic rings. The molecule has 2 saturated heterocycles. The summed E-state index contributed by atoms with van der Waals surface area (Å²) in [6.45, 7) is 12.3. The average Bonchev–Trinajstić information content (AvgIpc) is 3.97. The van der Waals surface area contributed by atoms with Gasteiger partial charge in [-0.15, -0.1) is 0 Å². The van der Waals surface area contributed by atoms with Crippen LogP contribution in [0.1, 0.15) is 95.7 Å². The number of anilines is 2. The second-order valence-corrected chi connectivity index (χ2v) is 18.8. The number of allylic oxidation sites excluding steroid dienone is 2. The third-order valence-electron chi connectivity index (χ3n) is 14.2. The van der Waals surface area contributed by atoms with E-state index in [1.54, 1.807) is 39.6 Å². The summed E-state index contributed by atoms with van der Waals surface area (Å²) in [6.07, 6.45) is 10.0. The van der Waals surface area contributed by atoms with E-state index in [0.717, 1.165) is 84.3 Å². The molecule has 5 heterocycles. The molecule has 10 rings (SSSR count). The van der Waals surface area contributed by atoms with Gasteiger partial charge in [0.05, 0.1) is 37.1 Å². The van der Waals surface area contributed by atoms with Crippen molar-refractivity contribution in [3.05, 3.63) is 65.0 Å². The number of hydrogen-bond acceptors (Lipinski definition) is 12. The number of morpholine rings is 1. The molecule has 4 amide bonds. The van der Waals surface area contributed by atoms with Gasteiger partial charge in [0.2, 0.25) is 29.6 Å². The van der Waals surface area contributed by atoms with Crippen molar-refractivity contribution in [2.45, 2.75) is 91.0 Å². The van der Waals surface area contributed by atoms with Crippen molar-refractivity contribution >= 4 is 57.6 Å². The first kappa shape index (κ1) is 44.9. The van der Waals surface area contributed by atoms with Crippen molar-refractivity contribution < 1.29 is 33.4 Å². The van der Waals surface area contributed by atoms with Crippen LogP contribution in [0, 0.1) is 17.8 Å². The minimum absolute atomic E-state index is 0.0563. The number of aryl methyl sites for hydroxylation is 2. The van der Waals surface area contributed by atoms with Gasteiger partial charge in [0.25, 0.3) is 5.91 Å². The minimum atomic E-state index is -0.652. The molecule has 66 heavy (non-hydrogen) atoms. The van der Waals surface area contributed by atoms with E-state index in [1.807, 2.05) is 30.6 Å². The lowest BCUT2D eigenvalue weighted by Gasteiger charge is -2.51. The molecule has 2 aromatic carbocycles. The van der Waals surface area contributed by atoms with E-state index < -0.39 is 23.1 Å². The fourth-order valence-corrected chi connectivity index (χ4v) is 10.3. The molecule has 0 atom stereocenters. The lowest BCUT2D eigenvalue weighted by Crippen LogP contribution is -2.69. The number of imidazole rings is 2. The number of nitrogens with zero attached hydrogens (tertiary/aromatic N) is 7. The maximum absolute atomic E-state index is 14.4. The summed E-state index contributed by atoms with van der Waals surface area (Å²) >= 11 is 0. The van der Waals surface area contributed by atoms with Crippen LogP contribution in [0.5, 0.6) is 11.5 Å².